The van der Waals surface area contributed by atoms with E-state index in [9.17, 15) is 4.79 Å². The number of carbonyl (C=O) groups excluding carboxylic acids is 1. The number of likely N-dealkylation sites (tertiary alicyclic amines) is 1. The van der Waals surface area contributed by atoms with Crippen LogP contribution < -0.4 is 0 Å². The minimum atomic E-state index is 0.0421. The van der Waals surface area contributed by atoms with Gasteiger partial charge < -0.3 is 9.32 Å². The Bertz CT molecular complexity index is 392. The molecule has 2 rings (SSSR count). The maximum absolute atomic E-state index is 12.4. The van der Waals surface area contributed by atoms with E-state index in [2.05, 4.69) is 15.9 Å². The summed E-state index contributed by atoms with van der Waals surface area (Å²) in [6, 6.07) is 1.98. The van der Waals surface area contributed by atoms with E-state index in [-0.39, 0.29) is 11.9 Å². The Labute approximate surface area is 114 Å². The van der Waals surface area contributed by atoms with Crippen molar-refractivity contribution in [1.29, 1.82) is 0 Å². The number of rotatable bonds is 3. The molecule has 0 aliphatic carbocycles. The number of hydrogen-bond donors (Lipinski definition) is 0. The zero-order chi connectivity index (χ0) is 12.3. The van der Waals surface area contributed by atoms with Gasteiger partial charge in [0.1, 0.15) is 0 Å². The van der Waals surface area contributed by atoms with Gasteiger partial charge in [0, 0.05) is 18.5 Å². The van der Waals surface area contributed by atoms with E-state index >= 15 is 0 Å². The number of nitrogens with zero attached hydrogens (tertiary/aromatic N) is 1. The number of carbonyl (C=O) groups is 1. The normalized spacial score (nSPS) is 20.6. The standard InChI is InChI=1S/C12H15BrClNO2/c13-11-10(5-8-17-11)12(16)15-7-2-1-3-9(15)4-6-14/h5,8-9H,1-4,6-7H2. The molecule has 1 aliphatic rings. The molecule has 1 aromatic rings. The van der Waals surface area contributed by atoms with E-state index in [0.717, 1.165) is 25.8 Å². The lowest BCUT2D eigenvalue weighted by molar-refractivity contribution is 0.0607. The lowest BCUT2D eigenvalue weighted by atomic mass is 9.99. The van der Waals surface area contributed by atoms with Crippen LogP contribution in [-0.4, -0.2) is 29.3 Å². The average Bonchev–Trinajstić information content (AvgIpc) is 2.76. The van der Waals surface area contributed by atoms with Gasteiger partial charge in [-0.25, -0.2) is 0 Å². The molecule has 1 aromatic heterocycles. The highest BCUT2D eigenvalue weighted by Gasteiger charge is 2.28. The van der Waals surface area contributed by atoms with Gasteiger partial charge in [-0.15, -0.1) is 11.6 Å². The van der Waals surface area contributed by atoms with E-state index < -0.39 is 0 Å². The summed E-state index contributed by atoms with van der Waals surface area (Å²) in [4.78, 5) is 14.3. The highest BCUT2D eigenvalue weighted by molar-refractivity contribution is 9.10. The van der Waals surface area contributed by atoms with Crippen LogP contribution in [0.5, 0.6) is 0 Å². The molecule has 1 atom stereocenters. The minimum Gasteiger partial charge on any atom is -0.457 e. The summed E-state index contributed by atoms with van der Waals surface area (Å²) < 4.78 is 5.63. The van der Waals surface area contributed by atoms with Crippen molar-refractivity contribution in [3.63, 3.8) is 0 Å². The maximum Gasteiger partial charge on any atom is 0.258 e. The molecule has 1 saturated heterocycles. The zero-order valence-electron chi connectivity index (χ0n) is 9.49. The molecular weight excluding hydrogens is 305 g/mol. The fourth-order valence-corrected chi connectivity index (χ4v) is 2.96. The van der Waals surface area contributed by atoms with E-state index in [1.54, 1.807) is 6.07 Å². The molecule has 94 valence electrons. The SMILES string of the molecule is O=C(c1ccoc1Br)N1CCCCC1CCCl. The first-order chi connectivity index (χ1) is 8.24. The Morgan fingerprint density at radius 1 is 1.59 bits per heavy atom. The van der Waals surface area contributed by atoms with Gasteiger partial charge in [-0.3, -0.25) is 4.79 Å². The van der Waals surface area contributed by atoms with Crippen molar-refractivity contribution in [2.75, 3.05) is 12.4 Å². The monoisotopic (exact) mass is 319 g/mol. The average molecular weight is 321 g/mol. The van der Waals surface area contributed by atoms with Gasteiger partial charge >= 0.3 is 0 Å². The first-order valence-corrected chi connectivity index (χ1v) is 7.16. The molecule has 0 aromatic carbocycles. The first-order valence-electron chi connectivity index (χ1n) is 5.84. The molecule has 17 heavy (non-hydrogen) atoms. The predicted octanol–water partition coefficient (Wildman–Crippen LogP) is 3.67. The topological polar surface area (TPSA) is 33.5 Å². The highest BCUT2D eigenvalue weighted by Crippen LogP contribution is 2.25. The Balaban J connectivity index is 2.14. The molecule has 1 aliphatic heterocycles. The molecule has 0 bridgehead atoms. The van der Waals surface area contributed by atoms with Gasteiger partial charge in [0.05, 0.1) is 11.8 Å². The van der Waals surface area contributed by atoms with Gasteiger partial charge in [0.2, 0.25) is 0 Å². The van der Waals surface area contributed by atoms with Crippen LogP contribution in [0, 0.1) is 0 Å². The smallest absolute Gasteiger partial charge is 0.258 e. The van der Waals surface area contributed by atoms with Crippen LogP contribution in [0.3, 0.4) is 0 Å². The van der Waals surface area contributed by atoms with E-state index in [0.29, 0.717) is 16.1 Å². The number of halogens is 2. The maximum atomic E-state index is 12.4. The molecular formula is C12H15BrClNO2. The van der Waals surface area contributed by atoms with Gasteiger partial charge in [-0.1, -0.05) is 0 Å². The molecule has 0 N–H and O–H groups in total. The second-order valence-corrected chi connectivity index (χ2v) is 5.33. The quantitative estimate of drug-likeness (QED) is 0.796. The van der Waals surface area contributed by atoms with Crippen LogP contribution in [0.25, 0.3) is 0 Å². The fraction of sp³-hybridized carbons (Fsp3) is 0.583. The minimum absolute atomic E-state index is 0.0421. The second-order valence-electron chi connectivity index (χ2n) is 4.23. The lowest BCUT2D eigenvalue weighted by Crippen LogP contribution is -2.43. The third-order valence-electron chi connectivity index (χ3n) is 3.18. The number of piperidine rings is 1. The van der Waals surface area contributed by atoms with E-state index in [1.807, 2.05) is 4.90 Å². The van der Waals surface area contributed by atoms with Crippen molar-refractivity contribution < 1.29 is 9.21 Å². The molecule has 1 fully saturated rings. The van der Waals surface area contributed by atoms with Crippen LogP contribution in [0.15, 0.2) is 21.4 Å². The molecule has 1 amide bonds. The summed E-state index contributed by atoms with van der Waals surface area (Å²) in [6.07, 6.45) is 5.69. The van der Waals surface area contributed by atoms with Gasteiger partial charge in [0.15, 0.2) is 4.67 Å². The number of alkyl halides is 1. The van der Waals surface area contributed by atoms with Crippen molar-refractivity contribution in [3.05, 3.63) is 22.6 Å². The summed E-state index contributed by atoms with van der Waals surface area (Å²) in [5.74, 6) is 0.640. The van der Waals surface area contributed by atoms with Gasteiger partial charge in [-0.05, 0) is 47.7 Å². The lowest BCUT2D eigenvalue weighted by Gasteiger charge is -2.35. The number of hydrogen-bond acceptors (Lipinski definition) is 2. The van der Waals surface area contributed by atoms with Crippen LogP contribution in [-0.2, 0) is 0 Å². The van der Waals surface area contributed by atoms with Crippen LogP contribution in [0.4, 0.5) is 0 Å². The largest absolute Gasteiger partial charge is 0.457 e. The second kappa shape index (κ2) is 5.91. The molecule has 3 nitrogen and oxygen atoms in total. The molecule has 0 radical (unpaired) electrons. The van der Waals surface area contributed by atoms with Crippen LogP contribution in [0.2, 0.25) is 0 Å². The highest BCUT2D eigenvalue weighted by atomic mass is 79.9. The molecule has 0 saturated carbocycles. The Morgan fingerprint density at radius 3 is 3.06 bits per heavy atom. The van der Waals surface area contributed by atoms with Crippen LogP contribution >= 0.6 is 27.5 Å². The molecule has 1 unspecified atom stereocenters. The predicted molar refractivity (Wildman–Crippen MR) is 70.4 cm³/mol. The van der Waals surface area contributed by atoms with Gasteiger partial charge in [-0.2, -0.15) is 0 Å². The summed E-state index contributed by atoms with van der Waals surface area (Å²) in [5.41, 5.74) is 0.603. The first kappa shape index (κ1) is 13.0. The summed E-state index contributed by atoms with van der Waals surface area (Å²) in [5, 5.41) is 0. The zero-order valence-corrected chi connectivity index (χ0v) is 11.8. The van der Waals surface area contributed by atoms with Crippen molar-refractivity contribution in [1.82, 2.24) is 4.90 Å². The van der Waals surface area contributed by atoms with Crippen molar-refractivity contribution in [2.45, 2.75) is 31.7 Å². The Hall–Kier alpha value is -0.480. The van der Waals surface area contributed by atoms with Crippen molar-refractivity contribution in [3.8, 4) is 0 Å². The number of furan rings is 1. The Kier molecular flexibility index (Phi) is 4.51. The summed E-state index contributed by atoms with van der Waals surface area (Å²) >= 11 is 9.05. The summed E-state index contributed by atoms with van der Waals surface area (Å²) in [6.45, 7) is 0.817. The molecule has 5 heteroatoms. The number of amides is 1. The third-order valence-corrected chi connectivity index (χ3v) is 4.01. The van der Waals surface area contributed by atoms with Crippen LogP contribution in [0.1, 0.15) is 36.0 Å². The summed E-state index contributed by atoms with van der Waals surface area (Å²) in [7, 11) is 0. The van der Waals surface area contributed by atoms with Crippen molar-refractivity contribution in [2.24, 2.45) is 0 Å². The molecule has 0 spiro atoms. The van der Waals surface area contributed by atoms with Crippen molar-refractivity contribution >= 4 is 33.4 Å². The van der Waals surface area contributed by atoms with Gasteiger partial charge in [0.25, 0.3) is 5.91 Å². The third kappa shape index (κ3) is 2.86. The molecule has 2 heterocycles. The van der Waals surface area contributed by atoms with E-state index in [4.69, 9.17) is 16.0 Å². The Morgan fingerprint density at radius 2 is 2.41 bits per heavy atom. The van der Waals surface area contributed by atoms with E-state index in [1.165, 1.54) is 12.7 Å². The fourth-order valence-electron chi connectivity index (χ4n) is 2.29.